The highest BCUT2D eigenvalue weighted by Gasteiger charge is 2.62. The number of ether oxygens (including phenoxy) is 14. The maximum absolute atomic E-state index is 13.5. The Hall–Kier alpha value is -1.79. The molecule has 14 atom stereocenters. The van der Waals surface area contributed by atoms with Crippen molar-refractivity contribution in [3.05, 3.63) is 35.9 Å². The van der Waals surface area contributed by atoms with Crippen LogP contribution in [-0.4, -0.2) is 181 Å². The van der Waals surface area contributed by atoms with E-state index >= 15 is 0 Å². The zero-order chi connectivity index (χ0) is 53.9. The molecule has 0 radical (unpaired) electrons. The van der Waals surface area contributed by atoms with Crippen molar-refractivity contribution in [1.82, 2.24) is 0 Å². The minimum Gasteiger partial charge on any atom is -0.469 e. The second kappa shape index (κ2) is 24.5. The first-order valence-electron chi connectivity index (χ1n) is 25.9. The molecule has 5 aliphatic rings. The van der Waals surface area contributed by atoms with Crippen LogP contribution < -0.4 is 0 Å². The van der Waals surface area contributed by atoms with Crippen LogP contribution in [0.5, 0.6) is 0 Å². The number of unbranched alkanes of at least 4 members (excludes halogenated alkanes) is 2. The van der Waals surface area contributed by atoms with E-state index in [1.54, 1.807) is 38.1 Å². The average molecular weight is 1090 g/mol. The SMILES string of the molecule is COC(=O)CCCCC[C@@H]1O[C@@H](O[C@H]2[C@H](OC([C@H]3COC(C)(C)O3)[C@@H]3OC(C)(C)O[C@H]3C(OC)OC)O[C@H](COC(=O)c3ccccc3)[C@@H]3OC(C)(C)O[C@@H]32)[C@@H](O[Si](C)(C)C)[C@H](O[Si](C)(C)C)[C@@H]1O[Si](C)(C)C. The first-order chi connectivity index (χ1) is 33.9. The van der Waals surface area contributed by atoms with Gasteiger partial charge in [-0.2, -0.15) is 0 Å². The summed E-state index contributed by atoms with van der Waals surface area (Å²) in [6, 6.07) is 8.73. The zero-order valence-corrected chi connectivity index (χ0v) is 49.8. The Morgan fingerprint density at radius 2 is 1.21 bits per heavy atom. The van der Waals surface area contributed by atoms with Crippen LogP contribution in [0.4, 0.5) is 0 Å². The molecule has 1 aromatic rings. The topological polar surface area (TPSA) is 191 Å². The van der Waals surface area contributed by atoms with Crippen LogP contribution in [0, 0.1) is 0 Å². The second-order valence-corrected chi connectivity index (χ2v) is 37.2. The number of fused-ring (bicyclic) bond motifs is 1. The van der Waals surface area contributed by atoms with Gasteiger partial charge in [-0.05, 0) is 125 Å². The molecule has 0 aromatic heterocycles. The molecule has 0 bridgehead atoms. The lowest BCUT2D eigenvalue weighted by Crippen LogP contribution is -2.68. The van der Waals surface area contributed by atoms with Gasteiger partial charge in [-0.1, -0.05) is 31.0 Å². The van der Waals surface area contributed by atoms with E-state index in [1.807, 2.05) is 33.8 Å². The van der Waals surface area contributed by atoms with Crippen LogP contribution >= 0.6 is 0 Å². The number of carbonyl (C=O) groups excluding carboxylic acids is 2. The maximum atomic E-state index is 13.5. The van der Waals surface area contributed by atoms with E-state index in [9.17, 15) is 9.59 Å². The van der Waals surface area contributed by atoms with E-state index in [0.717, 1.165) is 12.8 Å². The fourth-order valence-corrected chi connectivity index (χ4v) is 13.2. The number of rotatable bonds is 24. The molecule has 418 valence electrons. The third-order valence-corrected chi connectivity index (χ3v) is 15.6. The number of esters is 2. The predicted octanol–water partition coefficient (Wildman–Crippen LogP) is 7.66. The summed E-state index contributed by atoms with van der Waals surface area (Å²) in [4.78, 5) is 25.6. The van der Waals surface area contributed by atoms with Gasteiger partial charge in [0.2, 0.25) is 0 Å². The molecular weight excluding hydrogens is 1000 g/mol. The van der Waals surface area contributed by atoms with Crippen molar-refractivity contribution in [2.75, 3.05) is 34.5 Å². The fourth-order valence-electron chi connectivity index (χ4n) is 9.99. The maximum Gasteiger partial charge on any atom is 0.338 e. The third-order valence-electron chi connectivity index (χ3n) is 12.7. The van der Waals surface area contributed by atoms with Gasteiger partial charge >= 0.3 is 11.9 Å². The van der Waals surface area contributed by atoms with E-state index in [0.29, 0.717) is 24.8 Å². The molecule has 0 saturated carbocycles. The van der Waals surface area contributed by atoms with Crippen LogP contribution in [0.15, 0.2) is 30.3 Å². The quantitative estimate of drug-likeness (QED) is 0.0424. The lowest BCUT2D eigenvalue weighted by atomic mass is 9.94. The molecule has 5 aliphatic heterocycles. The lowest BCUT2D eigenvalue weighted by molar-refractivity contribution is -0.365. The number of benzene rings is 1. The molecule has 22 heteroatoms. The fraction of sp³-hybridized carbons (Fsp3) is 0.843. The molecule has 0 aliphatic carbocycles. The Labute approximate surface area is 437 Å². The van der Waals surface area contributed by atoms with Crippen LogP contribution in [0.3, 0.4) is 0 Å². The molecular formula is C51H88O19Si3. The Morgan fingerprint density at radius 1 is 0.630 bits per heavy atom. The van der Waals surface area contributed by atoms with Crippen molar-refractivity contribution < 1.29 is 89.2 Å². The summed E-state index contributed by atoms with van der Waals surface area (Å²) >= 11 is 0. The standard InChI is InChI=1S/C51H88O19Si3/c1-49(2)58-30-34(63-49)36(39-43(46(55-8)56-9)67-51(5,6)65-39)61-47-42(40-37(64-50(3,4)66-40)33(60-47)29-57-45(53)31-25-21-19-22-26-31)62-48-44(70-73(16,17)18)41(69-72(13,14)15)38(68-71(10,11)12)32(59-48)27-23-20-24-28-35(52)54-7/h19,21-22,25-26,32-34,36-44,46-48H,20,23-24,27-30H2,1-18H3/t32-,33+,34+,36?,37-,38+,39-,40-,41+,42+,43+,44-,47-,48-/m0/s1. The van der Waals surface area contributed by atoms with E-state index in [1.165, 1.54) is 21.3 Å². The van der Waals surface area contributed by atoms with Crippen molar-refractivity contribution in [3.8, 4) is 0 Å². The van der Waals surface area contributed by atoms with Crippen LogP contribution in [0.1, 0.15) is 84.0 Å². The molecule has 73 heavy (non-hydrogen) atoms. The summed E-state index contributed by atoms with van der Waals surface area (Å²) in [7, 11) is -2.61. The Kier molecular flexibility index (Phi) is 20.3. The summed E-state index contributed by atoms with van der Waals surface area (Å²) in [5.41, 5.74) is 0.374. The Balaban J connectivity index is 1.46. The molecule has 1 unspecified atom stereocenters. The molecule has 5 heterocycles. The van der Waals surface area contributed by atoms with Gasteiger partial charge in [-0.25, -0.2) is 4.79 Å². The van der Waals surface area contributed by atoms with Crippen molar-refractivity contribution in [2.45, 2.75) is 242 Å². The first kappa shape index (κ1) is 60.4. The Morgan fingerprint density at radius 3 is 1.79 bits per heavy atom. The molecule has 0 N–H and O–H groups in total. The van der Waals surface area contributed by atoms with Crippen molar-refractivity contribution >= 4 is 36.9 Å². The number of hydrogen-bond donors (Lipinski definition) is 0. The normalized spacial score (nSPS) is 33.7. The third kappa shape index (κ3) is 16.9. The van der Waals surface area contributed by atoms with Gasteiger partial charge in [0.1, 0.15) is 67.6 Å². The molecule has 1 aromatic carbocycles. The van der Waals surface area contributed by atoms with Gasteiger partial charge in [0.05, 0.1) is 31.5 Å². The van der Waals surface area contributed by atoms with Gasteiger partial charge in [0, 0.05) is 20.6 Å². The molecule has 6 rings (SSSR count). The smallest absolute Gasteiger partial charge is 0.338 e. The molecule has 19 nitrogen and oxygen atoms in total. The number of methoxy groups -OCH3 is 3. The number of hydrogen-bond acceptors (Lipinski definition) is 19. The first-order valence-corrected chi connectivity index (χ1v) is 36.2. The van der Waals surface area contributed by atoms with Gasteiger partial charge in [-0.15, -0.1) is 0 Å². The number of carbonyl (C=O) groups is 2. The second-order valence-electron chi connectivity index (χ2n) is 23.8. The highest BCUT2D eigenvalue weighted by Crippen LogP contribution is 2.45. The highest BCUT2D eigenvalue weighted by atomic mass is 28.4. The van der Waals surface area contributed by atoms with Crippen LogP contribution in [0.25, 0.3) is 0 Å². The summed E-state index contributed by atoms with van der Waals surface area (Å²) in [6.07, 6.45) is -9.92. The molecule has 0 amide bonds. The van der Waals surface area contributed by atoms with Crippen molar-refractivity contribution in [2.24, 2.45) is 0 Å². The van der Waals surface area contributed by atoms with Gasteiger partial charge in [0.15, 0.2) is 61.2 Å². The van der Waals surface area contributed by atoms with E-state index in [-0.39, 0.29) is 19.2 Å². The van der Waals surface area contributed by atoms with E-state index < -0.39 is 140 Å². The van der Waals surface area contributed by atoms with Crippen molar-refractivity contribution in [3.63, 3.8) is 0 Å². The Bertz CT molecular complexity index is 1920. The predicted molar refractivity (Wildman–Crippen MR) is 274 cm³/mol. The van der Waals surface area contributed by atoms with Crippen LogP contribution in [-0.2, 0) is 84.4 Å². The highest BCUT2D eigenvalue weighted by molar-refractivity contribution is 6.70. The van der Waals surface area contributed by atoms with Crippen LogP contribution in [0.2, 0.25) is 58.9 Å². The molecule has 5 saturated heterocycles. The monoisotopic (exact) mass is 1090 g/mol. The minimum atomic E-state index is -2.44. The van der Waals surface area contributed by atoms with E-state index in [4.69, 9.17) is 79.6 Å². The summed E-state index contributed by atoms with van der Waals surface area (Å²) < 4.78 is 113. The largest absolute Gasteiger partial charge is 0.469 e. The minimum absolute atomic E-state index is 0.123. The summed E-state index contributed by atoms with van der Waals surface area (Å²) in [6.45, 7) is 30.0. The zero-order valence-electron chi connectivity index (χ0n) is 46.8. The van der Waals surface area contributed by atoms with Crippen molar-refractivity contribution in [1.29, 1.82) is 0 Å². The van der Waals surface area contributed by atoms with Gasteiger partial charge in [0.25, 0.3) is 0 Å². The van der Waals surface area contributed by atoms with Gasteiger partial charge < -0.3 is 79.6 Å². The van der Waals surface area contributed by atoms with E-state index in [2.05, 4.69) is 58.9 Å². The lowest BCUT2D eigenvalue weighted by Gasteiger charge is -2.52. The van der Waals surface area contributed by atoms with Gasteiger partial charge in [-0.3, -0.25) is 4.79 Å². The average Bonchev–Trinajstić information content (AvgIpc) is 3.93. The summed E-state index contributed by atoms with van der Waals surface area (Å²) in [5, 5.41) is 0. The molecule has 0 spiro atoms. The molecule has 5 fully saturated rings. The summed E-state index contributed by atoms with van der Waals surface area (Å²) in [5.74, 6) is -4.04.